The minimum absolute atomic E-state index is 0.0949. The highest BCUT2D eigenvalue weighted by Gasteiger charge is 2.54. The van der Waals surface area contributed by atoms with Crippen LogP contribution in [0.3, 0.4) is 0 Å². The van der Waals surface area contributed by atoms with Gasteiger partial charge in [-0.3, -0.25) is 4.90 Å². The van der Waals surface area contributed by atoms with E-state index in [0.717, 1.165) is 37.0 Å². The zero-order valence-corrected chi connectivity index (χ0v) is 9.56. The summed E-state index contributed by atoms with van der Waals surface area (Å²) in [5.41, 5.74) is -0.0949. The normalized spacial score (nSPS) is 44.4. The van der Waals surface area contributed by atoms with Gasteiger partial charge in [-0.05, 0) is 56.3 Å². The summed E-state index contributed by atoms with van der Waals surface area (Å²) in [7, 11) is 0. The zero-order valence-electron chi connectivity index (χ0n) is 9.56. The molecule has 0 aromatic heterocycles. The van der Waals surface area contributed by atoms with Gasteiger partial charge in [0.15, 0.2) is 0 Å². The van der Waals surface area contributed by atoms with E-state index in [1.807, 2.05) is 0 Å². The first kappa shape index (κ1) is 10.2. The molecule has 88 valence electrons. The van der Waals surface area contributed by atoms with Crippen LogP contribution in [0.25, 0.3) is 0 Å². The van der Waals surface area contributed by atoms with E-state index in [0.29, 0.717) is 0 Å². The Morgan fingerprint density at radius 3 is 1.94 bits per heavy atom. The number of hydrogen-bond acceptors (Lipinski definition) is 1. The van der Waals surface area contributed by atoms with E-state index in [1.165, 1.54) is 30.4 Å². The Hall–Kier alpha value is -0.990. The van der Waals surface area contributed by atoms with Crippen LogP contribution in [0.2, 0.25) is 0 Å². The Kier molecular flexibility index (Phi) is 2.07. The van der Waals surface area contributed by atoms with Crippen LogP contribution in [0, 0.1) is 17.8 Å². The topological polar surface area (TPSA) is 40.5 Å². The molecule has 4 fully saturated rings. The Balaban J connectivity index is 1.93. The first-order valence-electron chi connectivity index (χ1n) is 6.28. The van der Waals surface area contributed by atoms with Gasteiger partial charge in [-0.1, -0.05) is 6.58 Å². The van der Waals surface area contributed by atoms with Crippen LogP contribution in [0.15, 0.2) is 12.8 Å². The van der Waals surface area contributed by atoms with Crippen molar-refractivity contribution in [3.05, 3.63) is 12.8 Å². The van der Waals surface area contributed by atoms with Gasteiger partial charge < -0.3 is 5.11 Å². The van der Waals surface area contributed by atoms with Crippen LogP contribution < -0.4 is 0 Å². The molecule has 0 saturated heterocycles. The van der Waals surface area contributed by atoms with Gasteiger partial charge in [0, 0.05) is 6.20 Å². The molecule has 3 nitrogen and oxygen atoms in total. The number of rotatable bonds is 2. The van der Waals surface area contributed by atoms with Crippen LogP contribution in [0.1, 0.15) is 38.5 Å². The SMILES string of the molecule is C=CN(C(=O)O)C12CC3CC(CC(C3)C1)C2. The van der Waals surface area contributed by atoms with Gasteiger partial charge in [0.2, 0.25) is 0 Å². The lowest BCUT2D eigenvalue weighted by atomic mass is 9.52. The number of hydrogen-bond donors (Lipinski definition) is 1. The van der Waals surface area contributed by atoms with Crippen LogP contribution in [0.5, 0.6) is 0 Å². The highest BCUT2D eigenvalue weighted by atomic mass is 16.4. The third kappa shape index (κ3) is 1.30. The molecule has 0 heterocycles. The van der Waals surface area contributed by atoms with Crippen molar-refractivity contribution >= 4 is 6.09 Å². The number of carboxylic acid groups (broad SMARTS) is 1. The summed E-state index contributed by atoms with van der Waals surface area (Å²) >= 11 is 0. The highest BCUT2D eigenvalue weighted by molar-refractivity contribution is 5.67. The predicted octanol–water partition coefficient (Wildman–Crippen LogP) is 3.08. The fourth-order valence-electron chi connectivity index (χ4n) is 4.83. The Morgan fingerprint density at radius 1 is 1.19 bits per heavy atom. The van der Waals surface area contributed by atoms with E-state index in [4.69, 9.17) is 0 Å². The van der Waals surface area contributed by atoms with E-state index in [-0.39, 0.29) is 5.54 Å². The number of amides is 1. The number of nitrogens with zero attached hydrogens (tertiary/aromatic N) is 1. The standard InChI is InChI=1S/C13H19NO2/c1-2-14(12(15)16)13-6-9-3-10(7-13)5-11(4-9)8-13/h2,9-11H,1,3-8H2,(H,15,16). The van der Waals surface area contributed by atoms with Crippen LogP contribution >= 0.6 is 0 Å². The summed E-state index contributed by atoms with van der Waals surface area (Å²) in [6.07, 6.45) is 7.91. The zero-order chi connectivity index (χ0) is 11.3. The lowest BCUT2D eigenvalue weighted by Gasteiger charge is -2.59. The molecule has 4 aliphatic rings. The second-order valence-corrected chi connectivity index (χ2v) is 5.98. The summed E-state index contributed by atoms with van der Waals surface area (Å²) in [5.74, 6) is 2.31. The van der Waals surface area contributed by atoms with Gasteiger partial charge in [0.05, 0.1) is 5.54 Å². The Morgan fingerprint density at radius 2 is 1.62 bits per heavy atom. The molecule has 0 spiro atoms. The van der Waals surface area contributed by atoms with Gasteiger partial charge in [-0.25, -0.2) is 4.79 Å². The van der Waals surface area contributed by atoms with Crippen molar-refractivity contribution in [1.82, 2.24) is 4.90 Å². The summed E-state index contributed by atoms with van der Waals surface area (Å²) in [6.45, 7) is 3.68. The highest BCUT2D eigenvalue weighted by Crippen LogP contribution is 2.57. The molecule has 16 heavy (non-hydrogen) atoms. The Bertz CT molecular complexity index is 302. The fourth-order valence-corrected chi connectivity index (χ4v) is 4.83. The van der Waals surface area contributed by atoms with Crippen LogP contribution in [-0.2, 0) is 0 Å². The first-order valence-corrected chi connectivity index (χ1v) is 6.28. The summed E-state index contributed by atoms with van der Waals surface area (Å²) in [4.78, 5) is 12.8. The average molecular weight is 221 g/mol. The second-order valence-electron chi connectivity index (χ2n) is 5.98. The molecule has 1 amide bonds. The fraction of sp³-hybridized carbons (Fsp3) is 0.769. The molecule has 4 saturated carbocycles. The van der Waals surface area contributed by atoms with Crippen molar-refractivity contribution in [2.75, 3.05) is 0 Å². The van der Waals surface area contributed by atoms with Gasteiger partial charge in [-0.15, -0.1) is 0 Å². The third-order valence-corrected chi connectivity index (χ3v) is 4.91. The quantitative estimate of drug-likeness (QED) is 0.778. The third-order valence-electron chi connectivity index (χ3n) is 4.91. The molecule has 0 radical (unpaired) electrons. The first-order chi connectivity index (χ1) is 7.63. The molecule has 0 atom stereocenters. The lowest BCUT2D eigenvalue weighted by molar-refractivity contribution is -0.0614. The second kappa shape index (κ2) is 3.25. The van der Waals surface area contributed by atoms with Gasteiger partial charge >= 0.3 is 6.09 Å². The number of carbonyl (C=O) groups is 1. The molecule has 0 aromatic rings. The van der Waals surface area contributed by atoms with Gasteiger partial charge in [-0.2, -0.15) is 0 Å². The largest absolute Gasteiger partial charge is 0.465 e. The van der Waals surface area contributed by atoms with Crippen molar-refractivity contribution in [3.8, 4) is 0 Å². The molecule has 0 aromatic carbocycles. The average Bonchev–Trinajstić information content (AvgIpc) is 2.14. The monoisotopic (exact) mass is 221 g/mol. The minimum Gasteiger partial charge on any atom is -0.465 e. The van der Waals surface area contributed by atoms with Crippen LogP contribution in [0.4, 0.5) is 4.79 Å². The minimum atomic E-state index is -0.822. The van der Waals surface area contributed by atoms with Gasteiger partial charge in [0.1, 0.15) is 0 Å². The molecular formula is C13H19NO2. The summed E-state index contributed by atoms with van der Waals surface area (Å²) in [6, 6.07) is 0. The molecule has 3 heteroatoms. The maximum absolute atomic E-state index is 11.3. The lowest BCUT2D eigenvalue weighted by Crippen LogP contribution is -2.59. The van der Waals surface area contributed by atoms with Crippen molar-refractivity contribution in [2.24, 2.45) is 17.8 Å². The van der Waals surface area contributed by atoms with Crippen LogP contribution in [-0.4, -0.2) is 21.6 Å². The molecule has 1 N–H and O–H groups in total. The smallest absolute Gasteiger partial charge is 0.411 e. The summed E-state index contributed by atoms with van der Waals surface area (Å²) < 4.78 is 0. The van der Waals surface area contributed by atoms with E-state index in [9.17, 15) is 9.90 Å². The van der Waals surface area contributed by atoms with E-state index in [1.54, 1.807) is 0 Å². The maximum Gasteiger partial charge on any atom is 0.411 e. The summed E-state index contributed by atoms with van der Waals surface area (Å²) in [5, 5.41) is 9.29. The molecule has 0 aliphatic heterocycles. The van der Waals surface area contributed by atoms with E-state index >= 15 is 0 Å². The molecule has 4 bridgehead atoms. The van der Waals surface area contributed by atoms with E-state index in [2.05, 4.69) is 6.58 Å². The van der Waals surface area contributed by atoms with E-state index < -0.39 is 6.09 Å². The van der Waals surface area contributed by atoms with Crippen molar-refractivity contribution in [2.45, 2.75) is 44.1 Å². The predicted molar refractivity (Wildman–Crippen MR) is 61.0 cm³/mol. The van der Waals surface area contributed by atoms with Crippen molar-refractivity contribution in [1.29, 1.82) is 0 Å². The molecule has 0 unspecified atom stereocenters. The maximum atomic E-state index is 11.3. The molecule has 4 rings (SSSR count). The van der Waals surface area contributed by atoms with Crippen molar-refractivity contribution < 1.29 is 9.90 Å². The molecule has 4 aliphatic carbocycles. The molecular weight excluding hydrogens is 202 g/mol. The van der Waals surface area contributed by atoms with Crippen molar-refractivity contribution in [3.63, 3.8) is 0 Å². The Labute approximate surface area is 96.1 Å². The van der Waals surface area contributed by atoms with Gasteiger partial charge in [0.25, 0.3) is 0 Å².